The maximum absolute atomic E-state index is 10.5. The van der Waals surface area contributed by atoms with Crippen LogP contribution in [-0.2, 0) is 4.79 Å². The number of carbonyl (C=O) groups is 1. The Kier molecular flexibility index (Phi) is 2.62. The lowest BCUT2D eigenvalue weighted by atomic mass is 9.96. The van der Waals surface area contributed by atoms with E-state index in [1.165, 1.54) is 0 Å². The van der Waals surface area contributed by atoms with E-state index in [0.717, 1.165) is 0 Å². The smallest absolute Gasteiger partial charge is 0.324 e. The molecule has 1 rings (SSSR count). The molecule has 65 valence electrons. The molecule has 0 amide bonds. The van der Waals surface area contributed by atoms with Crippen molar-refractivity contribution in [3.8, 4) is 0 Å². The summed E-state index contributed by atoms with van der Waals surface area (Å²) in [5.41, 5.74) is 11.5. The number of allylic oxidation sites excluding steroid dienone is 2. The Hall–Kier alpha value is -1.13. The predicted molar refractivity (Wildman–Crippen MR) is 44.9 cm³/mol. The molecule has 1 unspecified atom stereocenters. The fourth-order valence-corrected chi connectivity index (χ4v) is 1.02. The monoisotopic (exact) mass is 167 g/mol. The number of rotatable bonds is 2. The number of carboxylic acids is 1. The Labute approximate surface area is 70.5 Å². The van der Waals surface area contributed by atoms with Crippen LogP contribution in [0.1, 0.15) is 6.42 Å². The van der Waals surface area contributed by atoms with Gasteiger partial charge >= 0.3 is 5.97 Å². The second-order valence-electron chi connectivity index (χ2n) is 2.67. The van der Waals surface area contributed by atoms with Crippen LogP contribution in [0.4, 0.5) is 0 Å². The van der Waals surface area contributed by atoms with Crippen molar-refractivity contribution in [1.29, 1.82) is 0 Å². The van der Waals surface area contributed by atoms with Gasteiger partial charge in [0.2, 0.25) is 0 Å². The Morgan fingerprint density at radius 2 is 2.33 bits per heavy atom. The van der Waals surface area contributed by atoms with Gasteiger partial charge in [-0.2, -0.15) is 0 Å². The summed E-state index contributed by atoms with van der Waals surface area (Å²) in [5.74, 6) is -1.02. The number of nitrogens with two attached hydrogens (primary N) is 2. The highest BCUT2D eigenvalue weighted by Gasteiger charge is 2.19. The minimum atomic E-state index is -1.02. The summed E-state index contributed by atoms with van der Waals surface area (Å²) in [5, 5.41) is 8.58. The SMILES string of the molecule is N[C]1C=CC=C(C(N)C(=O)O)C1. The molecule has 0 spiro atoms. The highest BCUT2D eigenvalue weighted by molar-refractivity contribution is 5.77. The van der Waals surface area contributed by atoms with Gasteiger partial charge in [0.15, 0.2) is 0 Å². The highest BCUT2D eigenvalue weighted by Crippen LogP contribution is 2.17. The zero-order valence-corrected chi connectivity index (χ0v) is 6.53. The molecule has 12 heavy (non-hydrogen) atoms. The number of hydrogen-bond acceptors (Lipinski definition) is 3. The first-order valence-corrected chi connectivity index (χ1v) is 3.58. The molecule has 0 aromatic rings. The largest absolute Gasteiger partial charge is 0.480 e. The maximum atomic E-state index is 10.5. The molecule has 0 aromatic carbocycles. The molecule has 0 heterocycles. The van der Waals surface area contributed by atoms with E-state index in [2.05, 4.69) is 0 Å². The summed E-state index contributed by atoms with van der Waals surface area (Å²) in [7, 11) is 0. The molecular weight excluding hydrogens is 156 g/mol. The fraction of sp³-hybridized carbons (Fsp3) is 0.250. The molecule has 4 nitrogen and oxygen atoms in total. The van der Waals surface area contributed by atoms with E-state index in [-0.39, 0.29) is 0 Å². The molecule has 0 aromatic heterocycles. The molecule has 1 atom stereocenters. The average Bonchev–Trinajstić information content (AvgIpc) is 2.03. The summed E-state index contributed by atoms with van der Waals surface area (Å²) < 4.78 is 0. The first-order chi connectivity index (χ1) is 5.61. The third-order valence-corrected chi connectivity index (χ3v) is 1.69. The summed E-state index contributed by atoms with van der Waals surface area (Å²) >= 11 is 0. The van der Waals surface area contributed by atoms with Crippen LogP contribution in [0.2, 0.25) is 0 Å². The fourth-order valence-electron chi connectivity index (χ4n) is 1.02. The minimum Gasteiger partial charge on any atom is -0.480 e. The minimum absolute atomic E-state index is 0.448. The first kappa shape index (κ1) is 8.96. The molecule has 0 fully saturated rings. The lowest BCUT2D eigenvalue weighted by Crippen LogP contribution is -2.33. The van der Waals surface area contributed by atoms with Crippen molar-refractivity contribution >= 4 is 5.97 Å². The van der Waals surface area contributed by atoms with Crippen molar-refractivity contribution in [1.82, 2.24) is 0 Å². The number of hydrogen-bond donors (Lipinski definition) is 3. The average molecular weight is 167 g/mol. The van der Waals surface area contributed by atoms with E-state index in [1.807, 2.05) is 0 Å². The number of carboxylic acid groups (broad SMARTS) is 1. The van der Waals surface area contributed by atoms with Crippen molar-refractivity contribution in [2.24, 2.45) is 11.5 Å². The second-order valence-corrected chi connectivity index (χ2v) is 2.67. The van der Waals surface area contributed by atoms with Crippen LogP contribution in [0.15, 0.2) is 23.8 Å². The lowest BCUT2D eigenvalue weighted by Gasteiger charge is -2.16. The topological polar surface area (TPSA) is 89.3 Å². The maximum Gasteiger partial charge on any atom is 0.324 e. The standard InChI is InChI=1S/C8H11N2O2/c9-6-3-1-2-5(4-6)7(10)8(11)12/h1-3,7H,4,9-10H2,(H,11,12). The van der Waals surface area contributed by atoms with Gasteiger partial charge in [-0.05, 0) is 12.0 Å². The molecule has 0 saturated heterocycles. The molecule has 4 heteroatoms. The van der Waals surface area contributed by atoms with E-state index in [0.29, 0.717) is 18.0 Å². The molecule has 5 N–H and O–H groups in total. The molecule has 1 radical (unpaired) electrons. The van der Waals surface area contributed by atoms with E-state index < -0.39 is 12.0 Å². The van der Waals surface area contributed by atoms with Gasteiger partial charge in [-0.25, -0.2) is 0 Å². The Bertz CT molecular complexity index is 245. The van der Waals surface area contributed by atoms with Crippen molar-refractivity contribution in [2.45, 2.75) is 12.5 Å². The molecule has 0 aliphatic heterocycles. The van der Waals surface area contributed by atoms with E-state index in [1.54, 1.807) is 18.2 Å². The molecule has 0 saturated carbocycles. The Balaban J connectivity index is 2.69. The van der Waals surface area contributed by atoms with Gasteiger partial charge in [-0.15, -0.1) is 0 Å². The molecule has 1 aliphatic rings. The third-order valence-electron chi connectivity index (χ3n) is 1.69. The highest BCUT2D eigenvalue weighted by atomic mass is 16.4. The van der Waals surface area contributed by atoms with E-state index in [9.17, 15) is 4.79 Å². The number of aliphatic carboxylic acids is 1. The molecule has 1 aliphatic carbocycles. The summed E-state index contributed by atoms with van der Waals surface area (Å²) in [6.07, 6.45) is 5.58. The normalized spacial score (nSPS) is 20.3. The zero-order chi connectivity index (χ0) is 9.14. The second kappa shape index (κ2) is 3.51. The summed E-state index contributed by atoms with van der Waals surface area (Å²) in [6, 6.07) is -0.294. The predicted octanol–water partition coefficient (Wildman–Crippen LogP) is -0.225. The zero-order valence-electron chi connectivity index (χ0n) is 6.53. The Morgan fingerprint density at radius 1 is 1.67 bits per heavy atom. The van der Waals surface area contributed by atoms with Gasteiger partial charge < -0.3 is 16.6 Å². The van der Waals surface area contributed by atoms with Crippen LogP contribution in [-0.4, -0.2) is 17.1 Å². The Morgan fingerprint density at radius 3 is 2.83 bits per heavy atom. The van der Waals surface area contributed by atoms with E-state index in [4.69, 9.17) is 16.6 Å². The summed E-state index contributed by atoms with van der Waals surface area (Å²) in [6.45, 7) is 0. The van der Waals surface area contributed by atoms with Crippen LogP contribution in [0.25, 0.3) is 0 Å². The van der Waals surface area contributed by atoms with Gasteiger partial charge in [0.05, 0.1) is 6.04 Å². The van der Waals surface area contributed by atoms with Crippen LogP contribution in [0.5, 0.6) is 0 Å². The van der Waals surface area contributed by atoms with Gasteiger partial charge in [-0.1, -0.05) is 18.2 Å². The van der Waals surface area contributed by atoms with Crippen molar-refractivity contribution in [3.05, 3.63) is 29.8 Å². The molecule has 0 bridgehead atoms. The molecular formula is C8H11N2O2. The van der Waals surface area contributed by atoms with E-state index >= 15 is 0 Å². The summed E-state index contributed by atoms with van der Waals surface area (Å²) in [4.78, 5) is 10.5. The van der Waals surface area contributed by atoms with Crippen LogP contribution >= 0.6 is 0 Å². The van der Waals surface area contributed by atoms with Crippen molar-refractivity contribution in [3.63, 3.8) is 0 Å². The lowest BCUT2D eigenvalue weighted by molar-refractivity contribution is -0.137. The van der Waals surface area contributed by atoms with Crippen molar-refractivity contribution < 1.29 is 9.90 Å². The van der Waals surface area contributed by atoms with Crippen molar-refractivity contribution in [2.75, 3.05) is 0 Å². The van der Waals surface area contributed by atoms with Crippen LogP contribution in [0.3, 0.4) is 0 Å². The van der Waals surface area contributed by atoms with Gasteiger partial charge in [0.25, 0.3) is 0 Å². The first-order valence-electron chi connectivity index (χ1n) is 3.58. The third kappa shape index (κ3) is 1.93. The van der Waals surface area contributed by atoms with Crippen LogP contribution < -0.4 is 11.5 Å². The van der Waals surface area contributed by atoms with Gasteiger partial charge in [-0.3, -0.25) is 4.79 Å². The van der Waals surface area contributed by atoms with Gasteiger partial charge in [0.1, 0.15) is 6.04 Å². The van der Waals surface area contributed by atoms with Crippen LogP contribution in [0, 0.1) is 6.04 Å². The quantitative estimate of drug-likeness (QED) is 0.530. The van der Waals surface area contributed by atoms with Gasteiger partial charge in [0, 0.05) is 0 Å².